The number of nitrogens with zero attached hydrogens (tertiary/aromatic N) is 1. The maximum absolute atomic E-state index is 10.7. The van der Waals surface area contributed by atoms with Gasteiger partial charge in [-0.15, -0.1) is 0 Å². The van der Waals surface area contributed by atoms with Crippen LogP contribution in [-0.4, -0.2) is 22.4 Å². The molecule has 1 unspecified atom stereocenters. The molecule has 1 heterocycles. The normalized spacial score (nSPS) is 28.3. The Labute approximate surface area is 68.9 Å². The summed E-state index contributed by atoms with van der Waals surface area (Å²) >= 11 is 3.29. The fourth-order valence-corrected chi connectivity index (χ4v) is 1.83. The molecule has 0 bridgehead atoms. The first kappa shape index (κ1) is 8.01. The molecule has 1 rings (SSSR count). The van der Waals surface area contributed by atoms with Crippen molar-refractivity contribution in [1.82, 2.24) is 3.93 Å². The molecule has 0 radical (unpaired) electrons. The van der Waals surface area contributed by atoms with Crippen LogP contribution in [0.1, 0.15) is 19.3 Å². The molecule has 1 amide bonds. The van der Waals surface area contributed by atoms with Crippen molar-refractivity contribution in [3.05, 3.63) is 0 Å². The molecule has 0 aromatic heterocycles. The summed E-state index contributed by atoms with van der Waals surface area (Å²) in [5.74, 6) is -0.225. The molecule has 1 aliphatic rings. The topological polar surface area (TPSA) is 46.3 Å². The molecule has 0 spiro atoms. The number of carbonyl (C=O) groups is 1. The summed E-state index contributed by atoms with van der Waals surface area (Å²) in [6.45, 7) is 0.924. The van der Waals surface area contributed by atoms with Crippen molar-refractivity contribution in [3.63, 3.8) is 0 Å². The maximum atomic E-state index is 10.7. The van der Waals surface area contributed by atoms with E-state index in [1.54, 1.807) is 0 Å². The van der Waals surface area contributed by atoms with E-state index >= 15 is 0 Å². The van der Waals surface area contributed by atoms with Crippen LogP contribution in [-0.2, 0) is 4.79 Å². The highest BCUT2D eigenvalue weighted by molar-refractivity contribution is 9.07. The number of hydrogen-bond acceptors (Lipinski definition) is 2. The Balaban J connectivity index is 2.47. The number of halogens is 1. The number of carbonyl (C=O) groups excluding carboxylic acids is 1. The molecule has 58 valence electrons. The predicted molar refractivity (Wildman–Crippen MR) is 42.5 cm³/mol. The molecule has 0 aliphatic carbocycles. The van der Waals surface area contributed by atoms with Crippen molar-refractivity contribution in [3.8, 4) is 0 Å². The Kier molecular flexibility index (Phi) is 2.68. The zero-order valence-electron chi connectivity index (χ0n) is 5.72. The average Bonchev–Trinajstić information content (AvgIpc) is 1.88. The second kappa shape index (κ2) is 3.34. The van der Waals surface area contributed by atoms with E-state index in [0.29, 0.717) is 0 Å². The molecule has 4 heteroatoms. The van der Waals surface area contributed by atoms with Crippen molar-refractivity contribution < 1.29 is 4.79 Å². The van der Waals surface area contributed by atoms with Crippen LogP contribution in [0.5, 0.6) is 0 Å². The van der Waals surface area contributed by atoms with Crippen LogP contribution in [0.2, 0.25) is 0 Å². The van der Waals surface area contributed by atoms with Gasteiger partial charge < -0.3 is 5.73 Å². The summed E-state index contributed by atoms with van der Waals surface area (Å²) in [5, 5.41) is 0. The van der Waals surface area contributed by atoms with E-state index in [-0.39, 0.29) is 11.9 Å². The molecular weight excluding hydrogens is 196 g/mol. The van der Waals surface area contributed by atoms with Gasteiger partial charge in [0.05, 0.1) is 6.04 Å². The Morgan fingerprint density at radius 3 is 2.70 bits per heavy atom. The molecule has 1 fully saturated rings. The van der Waals surface area contributed by atoms with Crippen LogP contribution in [0.4, 0.5) is 0 Å². The molecule has 2 N–H and O–H groups in total. The van der Waals surface area contributed by atoms with Crippen molar-refractivity contribution in [2.45, 2.75) is 25.3 Å². The second-order valence-electron chi connectivity index (χ2n) is 2.54. The number of piperidine rings is 1. The monoisotopic (exact) mass is 206 g/mol. The lowest BCUT2D eigenvalue weighted by molar-refractivity contribution is -0.122. The quantitative estimate of drug-likeness (QED) is 0.641. The molecule has 10 heavy (non-hydrogen) atoms. The molecular formula is C6H11BrN2O. The summed E-state index contributed by atoms with van der Waals surface area (Å²) in [4.78, 5) is 10.7. The fourth-order valence-electron chi connectivity index (χ4n) is 1.18. The minimum Gasteiger partial charge on any atom is -0.368 e. The number of nitrogens with two attached hydrogens (primary N) is 1. The standard InChI is InChI=1S/C6H11BrN2O/c7-9-4-2-1-3-5(9)6(8)10/h5H,1-4H2,(H2,8,10). The molecule has 3 nitrogen and oxygen atoms in total. The van der Waals surface area contributed by atoms with Crippen molar-refractivity contribution in [2.75, 3.05) is 6.54 Å². The molecule has 1 atom stereocenters. The third-order valence-corrected chi connectivity index (χ3v) is 2.61. The van der Waals surface area contributed by atoms with Crippen LogP contribution < -0.4 is 5.73 Å². The Morgan fingerprint density at radius 2 is 2.30 bits per heavy atom. The first-order valence-corrected chi connectivity index (χ1v) is 4.14. The lowest BCUT2D eigenvalue weighted by Gasteiger charge is -2.27. The summed E-state index contributed by atoms with van der Waals surface area (Å²) in [5.41, 5.74) is 5.15. The Morgan fingerprint density at radius 1 is 1.60 bits per heavy atom. The van der Waals surface area contributed by atoms with E-state index in [0.717, 1.165) is 25.8 Å². The largest absolute Gasteiger partial charge is 0.368 e. The SMILES string of the molecule is NC(=O)C1CCCCN1Br. The van der Waals surface area contributed by atoms with Crippen molar-refractivity contribution >= 4 is 22.1 Å². The minimum absolute atomic E-state index is 0.0891. The summed E-state index contributed by atoms with van der Waals surface area (Å²) in [7, 11) is 0. The maximum Gasteiger partial charge on any atom is 0.235 e. The van der Waals surface area contributed by atoms with Gasteiger partial charge in [0, 0.05) is 22.7 Å². The highest BCUT2D eigenvalue weighted by Gasteiger charge is 2.24. The molecule has 1 saturated heterocycles. The van der Waals surface area contributed by atoms with E-state index in [2.05, 4.69) is 16.1 Å². The fraction of sp³-hybridized carbons (Fsp3) is 0.833. The second-order valence-corrected chi connectivity index (χ2v) is 3.45. The van der Waals surface area contributed by atoms with Crippen LogP contribution in [0, 0.1) is 0 Å². The minimum atomic E-state index is -0.225. The van der Waals surface area contributed by atoms with Crippen LogP contribution >= 0.6 is 16.1 Å². The average molecular weight is 207 g/mol. The first-order chi connectivity index (χ1) is 4.72. The van der Waals surface area contributed by atoms with Gasteiger partial charge in [-0.1, -0.05) is 6.42 Å². The van der Waals surface area contributed by atoms with E-state index in [9.17, 15) is 4.79 Å². The van der Waals surface area contributed by atoms with E-state index in [1.165, 1.54) is 0 Å². The van der Waals surface area contributed by atoms with Crippen LogP contribution in [0.25, 0.3) is 0 Å². The summed E-state index contributed by atoms with van der Waals surface area (Å²) in [6.07, 6.45) is 3.14. The van der Waals surface area contributed by atoms with Gasteiger partial charge in [0.15, 0.2) is 0 Å². The third-order valence-electron chi connectivity index (χ3n) is 1.77. The highest BCUT2D eigenvalue weighted by Crippen LogP contribution is 2.19. The van der Waals surface area contributed by atoms with Crippen LogP contribution in [0.15, 0.2) is 0 Å². The van der Waals surface area contributed by atoms with Crippen LogP contribution in [0.3, 0.4) is 0 Å². The van der Waals surface area contributed by atoms with Crippen molar-refractivity contribution in [2.24, 2.45) is 5.73 Å². The van der Waals surface area contributed by atoms with E-state index in [1.807, 2.05) is 3.93 Å². The molecule has 0 aromatic rings. The third kappa shape index (κ3) is 1.70. The molecule has 0 aromatic carbocycles. The van der Waals surface area contributed by atoms with Crippen molar-refractivity contribution in [1.29, 1.82) is 0 Å². The lowest BCUT2D eigenvalue weighted by atomic mass is 10.1. The molecule has 1 aliphatic heterocycles. The zero-order valence-corrected chi connectivity index (χ0v) is 7.30. The Bertz CT molecular complexity index is 140. The van der Waals surface area contributed by atoms with Gasteiger partial charge in [-0.3, -0.25) is 4.79 Å². The van der Waals surface area contributed by atoms with Gasteiger partial charge in [-0.05, 0) is 12.8 Å². The zero-order chi connectivity index (χ0) is 7.56. The highest BCUT2D eigenvalue weighted by atomic mass is 79.9. The van der Waals surface area contributed by atoms with Gasteiger partial charge in [-0.2, -0.15) is 0 Å². The number of primary amides is 1. The number of hydrogen-bond donors (Lipinski definition) is 1. The summed E-state index contributed by atoms with van der Waals surface area (Å²) in [6, 6.07) is -0.0891. The summed E-state index contributed by atoms with van der Waals surface area (Å²) < 4.78 is 1.85. The number of rotatable bonds is 1. The lowest BCUT2D eigenvalue weighted by Crippen LogP contribution is -2.42. The Hall–Kier alpha value is -0.0900. The van der Waals surface area contributed by atoms with Gasteiger partial charge >= 0.3 is 0 Å². The number of amides is 1. The smallest absolute Gasteiger partial charge is 0.235 e. The van der Waals surface area contributed by atoms with Gasteiger partial charge in [0.2, 0.25) is 5.91 Å². The predicted octanol–water partition coefficient (Wildman–Crippen LogP) is 0.636. The van der Waals surface area contributed by atoms with E-state index < -0.39 is 0 Å². The van der Waals surface area contributed by atoms with Gasteiger partial charge in [0.1, 0.15) is 0 Å². The van der Waals surface area contributed by atoms with Gasteiger partial charge in [-0.25, -0.2) is 3.93 Å². The molecule has 0 saturated carbocycles. The first-order valence-electron chi connectivity index (χ1n) is 3.43. The van der Waals surface area contributed by atoms with Gasteiger partial charge in [0.25, 0.3) is 0 Å². The van der Waals surface area contributed by atoms with E-state index in [4.69, 9.17) is 5.73 Å².